The van der Waals surface area contributed by atoms with Crippen LogP contribution in [0.1, 0.15) is 86.0 Å². The Hall–Kier alpha value is -0.670. The third-order valence-corrected chi connectivity index (χ3v) is 5.83. The first-order chi connectivity index (χ1) is 15.1. The van der Waals surface area contributed by atoms with Crippen molar-refractivity contribution in [3.63, 3.8) is 0 Å². The smallest absolute Gasteiger partial charge is 0.262 e. The van der Waals surface area contributed by atoms with Crippen LogP contribution in [0.3, 0.4) is 0 Å². The van der Waals surface area contributed by atoms with Gasteiger partial charge in [0.2, 0.25) is 0 Å². The molecule has 0 aromatic heterocycles. The van der Waals surface area contributed by atoms with Gasteiger partial charge in [-0.1, -0.05) is 75.4 Å². The summed E-state index contributed by atoms with van der Waals surface area (Å²) < 4.78 is 36.5. The first kappa shape index (κ1) is 33.5. The standard InChI is InChI=1S/C16H36N.C6H5BrO4S.C2H6O/c1-5-9-13-17(14-10-6-2,15-11-7-3)16-12-8-4;7-5-2-1-3-6(4-5)11-12(8,9)10;1-2-3/h5-16H2,1-4H3;1-4H,(H,8,9,10);3H,2H2,1H3/q+1;;/p-1. The highest BCUT2D eigenvalue weighted by molar-refractivity contribution is 9.10. The van der Waals surface area contributed by atoms with Gasteiger partial charge in [0.25, 0.3) is 10.4 Å². The molecule has 0 fully saturated rings. The zero-order chi connectivity index (χ0) is 24.9. The zero-order valence-corrected chi connectivity index (χ0v) is 23.2. The normalized spacial score (nSPS) is 11.1. The molecule has 190 valence electrons. The largest absolute Gasteiger partial charge is 0.716 e. The van der Waals surface area contributed by atoms with Gasteiger partial charge in [-0.3, -0.25) is 0 Å². The molecule has 0 radical (unpaired) electrons. The minimum atomic E-state index is -4.66. The Labute approximate surface area is 206 Å². The first-order valence-electron chi connectivity index (χ1n) is 12.0. The van der Waals surface area contributed by atoms with Crippen molar-refractivity contribution in [1.29, 1.82) is 0 Å². The van der Waals surface area contributed by atoms with Crippen LogP contribution in [0, 0.1) is 0 Å². The number of aliphatic hydroxyl groups excluding tert-OH is 1. The molecule has 0 bridgehead atoms. The summed E-state index contributed by atoms with van der Waals surface area (Å²) in [5.74, 6) is -0.000579. The summed E-state index contributed by atoms with van der Waals surface area (Å²) >= 11 is 3.09. The van der Waals surface area contributed by atoms with Crippen LogP contribution in [0.5, 0.6) is 5.75 Å². The van der Waals surface area contributed by atoms with E-state index in [1.54, 1.807) is 19.1 Å². The number of rotatable bonds is 14. The van der Waals surface area contributed by atoms with E-state index in [-0.39, 0.29) is 12.4 Å². The molecular weight excluding hydrogens is 494 g/mol. The van der Waals surface area contributed by atoms with E-state index in [0.29, 0.717) is 4.47 Å². The van der Waals surface area contributed by atoms with Crippen LogP contribution in [0.2, 0.25) is 0 Å². The van der Waals surface area contributed by atoms with Gasteiger partial charge < -0.3 is 18.3 Å². The minimum Gasteiger partial charge on any atom is -0.716 e. The molecule has 0 aliphatic heterocycles. The average Bonchev–Trinajstić information content (AvgIpc) is 2.72. The molecule has 0 saturated carbocycles. The van der Waals surface area contributed by atoms with E-state index >= 15 is 0 Å². The van der Waals surface area contributed by atoms with E-state index < -0.39 is 10.4 Å². The lowest BCUT2D eigenvalue weighted by Gasteiger charge is -2.39. The summed E-state index contributed by atoms with van der Waals surface area (Å²) in [5, 5.41) is 7.57. The highest BCUT2D eigenvalue weighted by atomic mass is 79.9. The molecule has 0 aliphatic rings. The molecule has 0 aliphatic carbocycles. The van der Waals surface area contributed by atoms with Crippen molar-refractivity contribution in [2.24, 2.45) is 0 Å². The molecule has 32 heavy (non-hydrogen) atoms. The van der Waals surface area contributed by atoms with Crippen LogP contribution in [0.15, 0.2) is 28.7 Å². The van der Waals surface area contributed by atoms with Crippen LogP contribution in [-0.4, -0.2) is 55.3 Å². The highest BCUT2D eigenvalue weighted by Crippen LogP contribution is 2.18. The number of hydrogen-bond acceptors (Lipinski definition) is 5. The summed E-state index contributed by atoms with van der Waals surface area (Å²) in [4.78, 5) is 0. The van der Waals surface area contributed by atoms with Gasteiger partial charge in [-0.25, -0.2) is 8.42 Å². The molecule has 1 N–H and O–H groups in total. The van der Waals surface area contributed by atoms with Gasteiger partial charge in [-0.2, -0.15) is 0 Å². The van der Waals surface area contributed by atoms with E-state index in [1.807, 2.05) is 0 Å². The van der Waals surface area contributed by atoms with Crippen LogP contribution in [-0.2, 0) is 10.4 Å². The second-order valence-electron chi connectivity index (χ2n) is 7.92. The highest BCUT2D eigenvalue weighted by Gasteiger charge is 2.24. The van der Waals surface area contributed by atoms with Gasteiger partial charge in [0.05, 0.1) is 26.2 Å². The van der Waals surface area contributed by atoms with E-state index in [2.05, 4.69) is 47.8 Å². The van der Waals surface area contributed by atoms with Crippen LogP contribution < -0.4 is 4.18 Å². The predicted octanol–water partition coefficient (Wildman–Crippen LogP) is 6.29. The Balaban J connectivity index is 0. The third-order valence-electron chi connectivity index (χ3n) is 4.94. The number of quaternary nitrogens is 1. The Kier molecular flexibility index (Phi) is 21.9. The molecule has 0 heterocycles. The fourth-order valence-corrected chi connectivity index (χ4v) is 4.00. The summed E-state index contributed by atoms with van der Waals surface area (Å²) in [6.45, 7) is 16.9. The topological polar surface area (TPSA) is 86.7 Å². The quantitative estimate of drug-likeness (QED) is 0.170. The third kappa shape index (κ3) is 20.0. The van der Waals surface area contributed by atoms with Crippen molar-refractivity contribution in [2.75, 3.05) is 32.8 Å². The first-order valence-corrected chi connectivity index (χ1v) is 14.1. The molecule has 8 heteroatoms. The molecule has 6 nitrogen and oxygen atoms in total. The van der Waals surface area contributed by atoms with Gasteiger partial charge in [0, 0.05) is 11.1 Å². The zero-order valence-electron chi connectivity index (χ0n) is 20.8. The van der Waals surface area contributed by atoms with Crippen LogP contribution in [0.25, 0.3) is 0 Å². The lowest BCUT2D eigenvalue weighted by Crippen LogP contribution is -2.50. The van der Waals surface area contributed by atoms with Gasteiger partial charge >= 0.3 is 0 Å². The Bertz CT molecular complexity index is 618. The lowest BCUT2D eigenvalue weighted by molar-refractivity contribution is -0.929. The molecule has 0 atom stereocenters. The van der Waals surface area contributed by atoms with Crippen LogP contribution in [0.4, 0.5) is 0 Å². The maximum Gasteiger partial charge on any atom is 0.262 e. The molecule has 0 saturated heterocycles. The van der Waals surface area contributed by atoms with E-state index in [0.717, 1.165) is 0 Å². The number of benzene rings is 1. The fourth-order valence-electron chi connectivity index (χ4n) is 3.28. The maximum absolute atomic E-state index is 10.1. The van der Waals surface area contributed by atoms with Crippen molar-refractivity contribution in [2.45, 2.75) is 86.0 Å². The van der Waals surface area contributed by atoms with Crippen molar-refractivity contribution >= 4 is 26.3 Å². The molecule has 0 amide bonds. The van der Waals surface area contributed by atoms with Crippen molar-refractivity contribution in [3.05, 3.63) is 28.7 Å². The summed E-state index contributed by atoms with van der Waals surface area (Å²) in [6, 6.07) is 6.00. The minimum absolute atomic E-state index is 0.000579. The molecule has 0 unspecified atom stereocenters. The summed E-state index contributed by atoms with van der Waals surface area (Å²) in [6.07, 6.45) is 11.1. The second kappa shape index (κ2) is 20.9. The van der Waals surface area contributed by atoms with Crippen molar-refractivity contribution in [3.8, 4) is 5.75 Å². The van der Waals surface area contributed by atoms with Gasteiger partial charge in [-0.05, 0) is 50.8 Å². The second-order valence-corrected chi connectivity index (χ2v) is 9.81. The van der Waals surface area contributed by atoms with Crippen molar-refractivity contribution < 1.29 is 26.7 Å². The summed E-state index contributed by atoms with van der Waals surface area (Å²) in [7, 11) is -4.66. The monoisotopic (exact) mass is 539 g/mol. The lowest BCUT2D eigenvalue weighted by atomic mass is 10.1. The number of hydrogen-bond donors (Lipinski definition) is 1. The van der Waals surface area contributed by atoms with E-state index in [4.69, 9.17) is 5.11 Å². The average molecular weight is 541 g/mol. The summed E-state index contributed by atoms with van der Waals surface area (Å²) in [5.41, 5.74) is 0. The molecular formula is C24H46BrNO5S. The van der Waals surface area contributed by atoms with Gasteiger partial charge in [-0.15, -0.1) is 0 Å². The predicted molar refractivity (Wildman–Crippen MR) is 137 cm³/mol. The SMILES string of the molecule is CCCC[N+](CCCC)(CCCC)CCCC.CCO.O=S(=O)([O-])Oc1cccc(Br)c1. The molecule has 1 aromatic rings. The van der Waals surface area contributed by atoms with Crippen LogP contribution >= 0.6 is 15.9 Å². The van der Waals surface area contributed by atoms with E-state index in [9.17, 15) is 13.0 Å². The molecule has 0 spiro atoms. The van der Waals surface area contributed by atoms with Gasteiger partial charge in [0.1, 0.15) is 5.75 Å². The van der Waals surface area contributed by atoms with Crippen molar-refractivity contribution in [1.82, 2.24) is 0 Å². The molecule has 1 rings (SSSR count). The Morgan fingerprint density at radius 3 is 1.53 bits per heavy atom. The number of aliphatic hydroxyl groups is 1. The fraction of sp³-hybridized carbons (Fsp3) is 0.750. The number of halogens is 1. The number of nitrogens with zero attached hydrogens (tertiary/aromatic N) is 1. The Morgan fingerprint density at radius 2 is 1.25 bits per heavy atom. The molecule has 1 aromatic carbocycles. The Morgan fingerprint density at radius 1 is 0.875 bits per heavy atom. The number of unbranched alkanes of at least 4 members (excludes halogenated alkanes) is 4. The maximum atomic E-state index is 10.1. The van der Waals surface area contributed by atoms with E-state index in [1.165, 1.54) is 94.2 Å². The van der Waals surface area contributed by atoms with Gasteiger partial charge in [0.15, 0.2) is 0 Å².